The van der Waals surface area contributed by atoms with E-state index in [2.05, 4.69) is 6.08 Å². The molecule has 0 bridgehead atoms. The molecule has 1 atom stereocenters. The lowest BCUT2D eigenvalue weighted by molar-refractivity contribution is 0.565. The van der Waals surface area contributed by atoms with Gasteiger partial charge in [0.25, 0.3) is 0 Å². The maximum Gasteiger partial charge on any atom is 0.0445 e. The summed E-state index contributed by atoms with van der Waals surface area (Å²) in [6, 6.07) is 0.0668. The highest BCUT2D eigenvalue weighted by Gasteiger charge is 2.16. The minimum atomic E-state index is 0.0668. The van der Waals surface area contributed by atoms with Gasteiger partial charge >= 0.3 is 0 Å². The Bertz CT molecular complexity index is 408. The molecule has 0 radical (unpaired) electrons. The molecule has 2 rings (SSSR count). The molecule has 2 aliphatic rings. The van der Waals surface area contributed by atoms with Crippen LogP contribution in [0.25, 0.3) is 0 Å². The summed E-state index contributed by atoms with van der Waals surface area (Å²) in [6.45, 7) is 0. The molecule has 0 aromatic rings. The molecule has 0 amide bonds. The third-order valence-corrected chi connectivity index (χ3v) is 5.87. The molecule has 0 aliphatic heterocycles. The van der Waals surface area contributed by atoms with Crippen molar-refractivity contribution in [3.63, 3.8) is 0 Å². The van der Waals surface area contributed by atoms with Gasteiger partial charge < -0.3 is 11.5 Å². The van der Waals surface area contributed by atoms with E-state index in [0.717, 1.165) is 18.5 Å². The highest BCUT2D eigenvalue weighted by Crippen LogP contribution is 2.29. The molecule has 0 heterocycles. The van der Waals surface area contributed by atoms with Crippen molar-refractivity contribution >= 4 is 0 Å². The van der Waals surface area contributed by atoms with Gasteiger partial charge in [0.1, 0.15) is 0 Å². The van der Waals surface area contributed by atoms with E-state index in [-0.39, 0.29) is 6.04 Å². The smallest absolute Gasteiger partial charge is 0.0445 e. The Morgan fingerprint density at radius 1 is 0.667 bits per heavy atom. The summed E-state index contributed by atoms with van der Waals surface area (Å²) in [6.07, 6.45) is 24.7. The molecule has 1 unspecified atom stereocenters. The van der Waals surface area contributed by atoms with E-state index in [9.17, 15) is 0 Å². The van der Waals surface area contributed by atoms with Gasteiger partial charge in [0.05, 0.1) is 0 Å². The average molecular weight is 333 g/mol. The predicted molar refractivity (Wildman–Crippen MR) is 106 cm³/mol. The van der Waals surface area contributed by atoms with Crippen molar-refractivity contribution < 1.29 is 0 Å². The third kappa shape index (κ3) is 7.01. The highest BCUT2D eigenvalue weighted by atomic mass is 14.7. The van der Waals surface area contributed by atoms with Crippen molar-refractivity contribution in [3.05, 3.63) is 22.9 Å². The average Bonchev–Trinajstić information content (AvgIpc) is 2.67. The fourth-order valence-electron chi connectivity index (χ4n) is 4.24. The van der Waals surface area contributed by atoms with E-state index in [1.54, 1.807) is 5.57 Å². The van der Waals surface area contributed by atoms with Gasteiger partial charge in [0.15, 0.2) is 0 Å². The van der Waals surface area contributed by atoms with E-state index in [1.165, 1.54) is 102 Å². The van der Waals surface area contributed by atoms with E-state index < -0.39 is 0 Å². The Hall–Kier alpha value is -0.760. The fourth-order valence-corrected chi connectivity index (χ4v) is 4.24. The van der Waals surface area contributed by atoms with Crippen molar-refractivity contribution in [3.8, 4) is 0 Å². The van der Waals surface area contributed by atoms with Gasteiger partial charge in [-0.05, 0) is 56.1 Å². The molecule has 2 nitrogen and oxygen atoms in total. The molecular weight excluding hydrogens is 292 g/mol. The van der Waals surface area contributed by atoms with Gasteiger partial charge in [-0.2, -0.15) is 0 Å². The van der Waals surface area contributed by atoms with Crippen LogP contribution in [0.4, 0.5) is 0 Å². The Labute approximate surface area is 150 Å². The molecule has 0 aromatic carbocycles. The first-order chi connectivity index (χ1) is 11.8. The van der Waals surface area contributed by atoms with Crippen LogP contribution >= 0.6 is 0 Å². The Kier molecular flexibility index (Phi) is 9.57. The van der Waals surface area contributed by atoms with Crippen LogP contribution in [0.2, 0.25) is 0 Å². The van der Waals surface area contributed by atoms with E-state index in [0.29, 0.717) is 0 Å². The molecule has 0 saturated carbocycles. The van der Waals surface area contributed by atoms with Crippen molar-refractivity contribution in [1.82, 2.24) is 0 Å². The van der Waals surface area contributed by atoms with Crippen LogP contribution in [-0.2, 0) is 0 Å². The van der Waals surface area contributed by atoms with Crippen molar-refractivity contribution in [2.45, 2.75) is 115 Å². The van der Waals surface area contributed by atoms with Crippen LogP contribution in [0.15, 0.2) is 22.9 Å². The van der Waals surface area contributed by atoms with E-state index in [4.69, 9.17) is 11.5 Å². The van der Waals surface area contributed by atoms with Crippen molar-refractivity contribution in [1.29, 1.82) is 0 Å². The molecule has 0 spiro atoms. The maximum absolute atomic E-state index is 6.60. The Morgan fingerprint density at radius 3 is 1.92 bits per heavy atom. The molecule has 2 heteroatoms. The minimum absolute atomic E-state index is 0.0668. The SMILES string of the molecule is NC1=C(C2=CCCCCCCCCC2)CCCCCCCCC1N. The van der Waals surface area contributed by atoms with Gasteiger partial charge in [-0.3, -0.25) is 0 Å². The van der Waals surface area contributed by atoms with Gasteiger partial charge in [0, 0.05) is 11.7 Å². The molecular formula is C22H40N2. The van der Waals surface area contributed by atoms with Crippen LogP contribution in [0.3, 0.4) is 0 Å². The molecule has 2 aliphatic carbocycles. The summed E-state index contributed by atoms with van der Waals surface area (Å²) in [5, 5.41) is 0. The van der Waals surface area contributed by atoms with Crippen LogP contribution in [0.5, 0.6) is 0 Å². The number of rotatable bonds is 1. The quantitative estimate of drug-likeness (QED) is 0.608. The van der Waals surface area contributed by atoms with Crippen LogP contribution in [0, 0.1) is 0 Å². The summed E-state index contributed by atoms with van der Waals surface area (Å²) < 4.78 is 0. The monoisotopic (exact) mass is 332 g/mol. The van der Waals surface area contributed by atoms with Gasteiger partial charge in [-0.25, -0.2) is 0 Å². The first kappa shape index (κ1) is 19.6. The van der Waals surface area contributed by atoms with Crippen LogP contribution < -0.4 is 11.5 Å². The van der Waals surface area contributed by atoms with E-state index in [1.807, 2.05) is 0 Å². The summed E-state index contributed by atoms with van der Waals surface area (Å²) in [5.41, 5.74) is 17.0. The highest BCUT2D eigenvalue weighted by molar-refractivity contribution is 5.36. The zero-order chi connectivity index (χ0) is 17.0. The van der Waals surface area contributed by atoms with E-state index >= 15 is 0 Å². The Balaban J connectivity index is 2.15. The predicted octanol–water partition coefficient (Wildman–Crippen LogP) is 6.11. The van der Waals surface area contributed by atoms with Crippen molar-refractivity contribution in [2.75, 3.05) is 0 Å². The standard InChI is InChI=1S/C22H40N2/c23-21-18-14-10-6-5-9-13-17-20(22(21)24)19-15-11-7-3-1-2-4-8-12-16-19/h15,21H,1-14,16-18,23-24H2. The third-order valence-electron chi connectivity index (χ3n) is 5.87. The first-order valence-electron chi connectivity index (χ1n) is 10.7. The maximum atomic E-state index is 6.60. The zero-order valence-corrected chi connectivity index (χ0v) is 15.8. The van der Waals surface area contributed by atoms with Crippen LogP contribution in [0.1, 0.15) is 109 Å². The first-order valence-corrected chi connectivity index (χ1v) is 10.7. The number of nitrogens with two attached hydrogens (primary N) is 2. The number of allylic oxidation sites excluding steroid dienone is 3. The summed E-state index contributed by atoms with van der Waals surface area (Å²) in [7, 11) is 0. The molecule has 24 heavy (non-hydrogen) atoms. The molecule has 4 N–H and O–H groups in total. The van der Waals surface area contributed by atoms with Gasteiger partial charge in [-0.1, -0.05) is 70.3 Å². The summed E-state index contributed by atoms with van der Waals surface area (Å²) in [4.78, 5) is 0. The second-order valence-electron chi connectivity index (χ2n) is 7.94. The summed E-state index contributed by atoms with van der Waals surface area (Å²) in [5.74, 6) is 0. The normalized spacial score (nSPS) is 26.9. The lowest BCUT2D eigenvalue weighted by Gasteiger charge is -2.20. The number of hydrogen-bond donors (Lipinski definition) is 2. The second kappa shape index (κ2) is 11.7. The van der Waals surface area contributed by atoms with Crippen molar-refractivity contribution in [2.24, 2.45) is 11.5 Å². The molecule has 0 fully saturated rings. The molecule has 138 valence electrons. The molecule has 0 aromatic heterocycles. The molecule has 0 saturated heterocycles. The fraction of sp³-hybridized carbons (Fsp3) is 0.818. The lowest BCUT2D eigenvalue weighted by Crippen LogP contribution is -2.29. The number of hydrogen-bond acceptors (Lipinski definition) is 2. The Morgan fingerprint density at radius 2 is 1.21 bits per heavy atom. The second-order valence-corrected chi connectivity index (χ2v) is 7.94. The van der Waals surface area contributed by atoms with Crippen LogP contribution in [-0.4, -0.2) is 6.04 Å². The lowest BCUT2D eigenvalue weighted by atomic mass is 9.90. The largest absolute Gasteiger partial charge is 0.401 e. The minimum Gasteiger partial charge on any atom is -0.401 e. The topological polar surface area (TPSA) is 52.0 Å². The summed E-state index contributed by atoms with van der Waals surface area (Å²) >= 11 is 0. The zero-order valence-electron chi connectivity index (χ0n) is 15.8. The van der Waals surface area contributed by atoms with Gasteiger partial charge in [0.2, 0.25) is 0 Å². The van der Waals surface area contributed by atoms with Gasteiger partial charge in [-0.15, -0.1) is 0 Å².